The van der Waals surface area contributed by atoms with Gasteiger partial charge >= 0.3 is 6.09 Å². The molecule has 3 amide bonds. The zero-order valence-corrected chi connectivity index (χ0v) is 23.9. The number of benzene rings is 2. The quantitative estimate of drug-likeness (QED) is 0.197. The summed E-state index contributed by atoms with van der Waals surface area (Å²) in [4.78, 5) is 41.6. The number of pyridine rings is 1. The molecular weight excluding hydrogens is 506 g/mol. The molecule has 9 heteroatoms. The molecule has 0 aliphatic carbocycles. The van der Waals surface area contributed by atoms with Gasteiger partial charge in [0.25, 0.3) is 11.8 Å². The normalized spacial score (nSPS) is 11.1. The molecule has 0 radical (unpaired) electrons. The van der Waals surface area contributed by atoms with Gasteiger partial charge in [0.1, 0.15) is 5.60 Å². The highest BCUT2D eigenvalue weighted by Gasteiger charge is 2.17. The molecule has 0 fully saturated rings. The molecule has 9 nitrogen and oxygen atoms in total. The molecule has 0 spiro atoms. The van der Waals surface area contributed by atoms with Crippen molar-refractivity contribution in [1.82, 2.24) is 20.9 Å². The second kappa shape index (κ2) is 14.9. The van der Waals surface area contributed by atoms with Gasteiger partial charge in [-0.25, -0.2) is 4.79 Å². The lowest BCUT2D eigenvalue weighted by Crippen LogP contribution is -2.32. The first kappa shape index (κ1) is 30.4. The molecule has 40 heavy (non-hydrogen) atoms. The summed E-state index contributed by atoms with van der Waals surface area (Å²) in [7, 11) is 1.58. The summed E-state index contributed by atoms with van der Waals surface area (Å²) in [5.74, 6) is -0.423. The van der Waals surface area contributed by atoms with Crippen LogP contribution >= 0.6 is 0 Å². The molecule has 0 atom stereocenters. The van der Waals surface area contributed by atoms with E-state index in [4.69, 9.17) is 4.74 Å². The van der Waals surface area contributed by atoms with Gasteiger partial charge < -0.3 is 26.0 Å². The lowest BCUT2D eigenvalue weighted by molar-refractivity contribution is 0.0526. The third-order valence-electron chi connectivity index (χ3n) is 6.20. The second-order valence-corrected chi connectivity index (χ2v) is 10.7. The minimum atomic E-state index is -0.482. The van der Waals surface area contributed by atoms with E-state index in [0.29, 0.717) is 40.8 Å². The molecule has 0 aliphatic rings. The van der Waals surface area contributed by atoms with Crippen molar-refractivity contribution >= 4 is 40.2 Å². The van der Waals surface area contributed by atoms with Crippen molar-refractivity contribution in [2.45, 2.75) is 64.9 Å². The van der Waals surface area contributed by atoms with E-state index in [1.165, 1.54) is 0 Å². The number of carbonyl (C=O) groups excluding carboxylic acids is 3. The number of nitrogens with zero attached hydrogens (tertiary/aromatic N) is 1. The van der Waals surface area contributed by atoms with Gasteiger partial charge in [-0.1, -0.05) is 43.9 Å². The number of rotatable bonds is 13. The van der Waals surface area contributed by atoms with E-state index in [0.717, 1.165) is 44.2 Å². The van der Waals surface area contributed by atoms with Crippen molar-refractivity contribution in [3.05, 3.63) is 65.9 Å². The number of hydrogen-bond donors (Lipinski definition) is 4. The van der Waals surface area contributed by atoms with E-state index in [2.05, 4.69) is 26.3 Å². The first-order chi connectivity index (χ1) is 19.2. The monoisotopic (exact) mass is 547 g/mol. The average Bonchev–Trinajstić information content (AvgIpc) is 2.93. The molecule has 1 aromatic heterocycles. The number of nitrogens with one attached hydrogen (secondary N) is 4. The Hall–Kier alpha value is -4.14. The molecule has 0 aliphatic heterocycles. The van der Waals surface area contributed by atoms with Crippen LogP contribution in [-0.2, 0) is 4.74 Å². The Morgan fingerprint density at radius 3 is 2.12 bits per heavy atom. The van der Waals surface area contributed by atoms with Crippen LogP contribution in [0.5, 0.6) is 0 Å². The Labute approximate surface area is 236 Å². The third-order valence-corrected chi connectivity index (χ3v) is 6.20. The van der Waals surface area contributed by atoms with E-state index in [9.17, 15) is 14.4 Å². The highest BCUT2D eigenvalue weighted by atomic mass is 16.6. The smallest absolute Gasteiger partial charge is 0.407 e. The number of hydrogen-bond acceptors (Lipinski definition) is 6. The van der Waals surface area contributed by atoms with Crippen LogP contribution in [0.1, 0.15) is 80.0 Å². The number of fused-ring (bicyclic) bond motifs is 1. The van der Waals surface area contributed by atoms with Crippen LogP contribution in [0.25, 0.3) is 10.9 Å². The lowest BCUT2D eigenvalue weighted by atomic mass is 10.0. The highest BCUT2D eigenvalue weighted by molar-refractivity contribution is 6.09. The highest BCUT2D eigenvalue weighted by Crippen LogP contribution is 2.30. The Kier molecular flexibility index (Phi) is 11.3. The fourth-order valence-electron chi connectivity index (χ4n) is 4.21. The molecule has 4 N–H and O–H groups in total. The van der Waals surface area contributed by atoms with Gasteiger partial charge in [0, 0.05) is 43.0 Å². The zero-order valence-electron chi connectivity index (χ0n) is 23.9. The lowest BCUT2D eigenvalue weighted by Gasteiger charge is -2.19. The van der Waals surface area contributed by atoms with Crippen LogP contribution in [0, 0.1) is 0 Å². The maximum atomic E-state index is 12.9. The minimum absolute atomic E-state index is 0.161. The van der Waals surface area contributed by atoms with Crippen molar-refractivity contribution in [3.63, 3.8) is 0 Å². The van der Waals surface area contributed by atoms with Crippen molar-refractivity contribution in [3.8, 4) is 0 Å². The molecule has 1 heterocycles. The van der Waals surface area contributed by atoms with Gasteiger partial charge in [-0.05, 0) is 63.9 Å². The number of aromatic nitrogens is 1. The molecule has 0 saturated carbocycles. The Morgan fingerprint density at radius 1 is 0.825 bits per heavy atom. The molecule has 0 unspecified atom stereocenters. The summed E-state index contributed by atoms with van der Waals surface area (Å²) < 4.78 is 5.22. The fraction of sp³-hybridized carbons (Fsp3) is 0.419. The summed E-state index contributed by atoms with van der Waals surface area (Å²) in [6, 6.07) is 14.9. The van der Waals surface area contributed by atoms with Gasteiger partial charge in [-0.3, -0.25) is 14.6 Å². The van der Waals surface area contributed by atoms with Crippen LogP contribution < -0.4 is 21.3 Å². The zero-order chi connectivity index (χ0) is 29.0. The van der Waals surface area contributed by atoms with Crippen LogP contribution in [0.2, 0.25) is 0 Å². The largest absolute Gasteiger partial charge is 0.444 e. The van der Waals surface area contributed by atoms with Crippen LogP contribution in [0.15, 0.2) is 54.7 Å². The molecule has 0 saturated heterocycles. The van der Waals surface area contributed by atoms with Crippen molar-refractivity contribution in [1.29, 1.82) is 0 Å². The average molecular weight is 548 g/mol. The molecule has 2 aromatic carbocycles. The maximum Gasteiger partial charge on any atom is 0.407 e. The Balaban J connectivity index is 1.48. The SMILES string of the molecule is CNC(=O)c1cnc2ccc(C(=O)NCCCCCCCCNC(=O)OC(C)(C)C)cc2c1Nc1ccccc1. The topological polar surface area (TPSA) is 121 Å². The summed E-state index contributed by atoms with van der Waals surface area (Å²) in [6.45, 7) is 6.73. The number of ether oxygens (including phenoxy) is 1. The number of anilines is 2. The predicted octanol–water partition coefficient (Wildman–Crippen LogP) is 5.93. The number of para-hydroxylation sites is 1. The minimum Gasteiger partial charge on any atom is -0.444 e. The van der Waals surface area contributed by atoms with Crippen LogP contribution in [0.3, 0.4) is 0 Å². The van der Waals surface area contributed by atoms with E-state index >= 15 is 0 Å². The number of amides is 3. The van der Waals surface area contributed by atoms with Gasteiger partial charge in [0.2, 0.25) is 0 Å². The van der Waals surface area contributed by atoms with Crippen molar-refractivity contribution < 1.29 is 19.1 Å². The van der Waals surface area contributed by atoms with E-state index in [1.54, 1.807) is 31.4 Å². The third kappa shape index (κ3) is 9.55. The molecule has 3 aromatic rings. The Bertz CT molecular complexity index is 1290. The molecule has 214 valence electrons. The fourth-order valence-corrected chi connectivity index (χ4v) is 4.21. The van der Waals surface area contributed by atoms with Gasteiger partial charge in [0.05, 0.1) is 16.8 Å². The molecular formula is C31H41N5O4. The number of alkyl carbamates (subject to hydrolysis) is 1. The second-order valence-electron chi connectivity index (χ2n) is 10.7. The first-order valence-corrected chi connectivity index (χ1v) is 13.9. The van der Waals surface area contributed by atoms with E-state index in [-0.39, 0.29) is 17.9 Å². The summed E-state index contributed by atoms with van der Waals surface area (Å²) in [5, 5.41) is 12.5. The first-order valence-electron chi connectivity index (χ1n) is 13.9. The maximum absolute atomic E-state index is 12.9. The van der Waals surface area contributed by atoms with Gasteiger partial charge in [0.15, 0.2) is 0 Å². The number of unbranched alkanes of at least 4 members (excludes halogenated alkanes) is 5. The van der Waals surface area contributed by atoms with Gasteiger partial charge in [-0.15, -0.1) is 0 Å². The van der Waals surface area contributed by atoms with E-state index < -0.39 is 5.60 Å². The summed E-state index contributed by atoms with van der Waals surface area (Å²) in [6.07, 6.45) is 7.17. The van der Waals surface area contributed by atoms with Gasteiger partial charge in [-0.2, -0.15) is 0 Å². The number of carbonyl (C=O) groups is 3. The summed E-state index contributed by atoms with van der Waals surface area (Å²) in [5.41, 5.74) is 2.54. The van der Waals surface area contributed by atoms with Crippen LogP contribution in [-0.4, -0.2) is 48.6 Å². The van der Waals surface area contributed by atoms with Crippen LogP contribution in [0.4, 0.5) is 16.2 Å². The standard InChI is InChI=1S/C31H41N5O4/c1-31(2,3)40-30(39)34-19-13-8-6-5-7-12-18-33-28(37)22-16-17-26-24(20-22)27(25(21-35-26)29(38)32-4)36-23-14-10-9-11-15-23/h9-11,14-17,20-21H,5-8,12-13,18-19H2,1-4H3,(H,32,38)(H,33,37)(H,34,39)(H,35,36). The Morgan fingerprint density at radius 2 is 1.48 bits per heavy atom. The predicted molar refractivity (Wildman–Crippen MR) is 159 cm³/mol. The molecule has 3 rings (SSSR count). The summed E-state index contributed by atoms with van der Waals surface area (Å²) >= 11 is 0. The van der Waals surface area contributed by atoms with Crippen molar-refractivity contribution in [2.75, 3.05) is 25.5 Å². The van der Waals surface area contributed by atoms with Crippen molar-refractivity contribution in [2.24, 2.45) is 0 Å². The molecule has 0 bridgehead atoms. The van der Waals surface area contributed by atoms with E-state index in [1.807, 2.05) is 51.1 Å².